The number of aliphatic carboxylic acids is 1. The van der Waals surface area contributed by atoms with Crippen LogP contribution in [0, 0.1) is 5.41 Å². The first-order valence-electron chi connectivity index (χ1n) is 3.61. The molecule has 0 aromatic heterocycles. The summed E-state index contributed by atoms with van der Waals surface area (Å²) in [5, 5.41) is 41.4. The van der Waals surface area contributed by atoms with Gasteiger partial charge in [0.1, 0.15) is 0 Å². The van der Waals surface area contributed by atoms with Crippen molar-refractivity contribution in [2.45, 2.75) is 6.92 Å². The maximum absolute atomic E-state index is 9.00. The zero-order chi connectivity index (χ0) is 10.9. The van der Waals surface area contributed by atoms with Gasteiger partial charge in [-0.3, -0.25) is 4.79 Å². The fourth-order valence-electron chi connectivity index (χ4n) is 0.300. The van der Waals surface area contributed by atoms with Crippen molar-refractivity contribution in [3.8, 4) is 0 Å². The van der Waals surface area contributed by atoms with Crippen LogP contribution in [0.1, 0.15) is 6.92 Å². The Morgan fingerprint density at radius 1 is 1.00 bits per heavy atom. The van der Waals surface area contributed by atoms with Gasteiger partial charge < -0.3 is 25.5 Å². The number of carboxylic acids is 1. The Hall–Kier alpha value is -0.690. The lowest BCUT2D eigenvalue weighted by Crippen LogP contribution is -2.37. The molecule has 6 nitrogen and oxygen atoms in total. The predicted octanol–water partition coefficient (Wildman–Crippen LogP) is -1.97. The molecule has 6 heteroatoms. The molecule has 0 aliphatic carbocycles. The second kappa shape index (κ2) is 7.93. The highest BCUT2D eigenvalue weighted by Gasteiger charge is 2.26. The Bertz CT molecular complexity index is 109. The van der Waals surface area contributed by atoms with E-state index in [1.54, 1.807) is 0 Å². The molecule has 0 aliphatic heterocycles. The highest BCUT2D eigenvalue weighted by Crippen LogP contribution is 2.11. The van der Waals surface area contributed by atoms with Gasteiger partial charge in [0.2, 0.25) is 0 Å². The topological polar surface area (TPSA) is 118 Å². The number of hydrogen-bond donors (Lipinski definition) is 5. The highest BCUT2D eigenvalue weighted by molar-refractivity contribution is 5.62. The van der Waals surface area contributed by atoms with Crippen molar-refractivity contribution in [1.82, 2.24) is 0 Å². The Morgan fingerprint density at radius 2 is 1.15 bits per heavy atom. The number of aliphatic hydroxyl groups excluding tert-OH is 4. The summed E-state index contributed by atoms with van der Waals surface area (Å²) < 4.78 is 0. The minimum atomic E-state index is -1.11. The van der Waals surface area contributed by atoms with Crippen LogP contribution in [0.2, 0.25) is 0 Å². The van der Waals surface area contributed by atoms with Gasteiger partial charge in [-0.05, 0) is 0 Å². The molecular weight excluding hydrogens is 180 g/mol. The Labute approximate surface area is 76.1 Å². The molecule has 5 N–H and O–H groups in total. The molecule has 0 aromatic carbocycles. The van der Waals surface area contributed by atoms with Crippen molar-refractivity contribution in [2.75, 3.05) is 26.4 Å². The van der Waals surface area contributed by atoms with Crippen LogP contribution in [0.4, 0.5) is 0 Å². The molecular formula is C7H16O6. The molecule has 0 amide bonds. The molecule has 0 bridgehead atoms. The summed E-state index contributed by atoms with van der Waals surface area (Å²) in [7, 11) is 0. The fourth-order valence-corrected chi connectivity index (χ4v) is 0.300. The maximum atomic E-state index is 9.00. The van der Waals surface area contributed by atoms with Gasteiger partial charge in [-0.25, -0.2) is 0 Å². The van der Waals surface area contributed by atoms with Crippen molar-refractivity contribution >= 4 is 5.97 Å². The monoisotopic (exact) mass is 196 g/mol. The summed E-state index contributed by atoms with van der Waals surface area (Å²) in [6.45, 7) is -0.542. The second-order valence-electron chi connectivity index (χ2n) is 2.65. The summed E-state index contributed by atoms with van der Waals surface area (Å²) in [6.07, 6.45) is 0. The summed E-state index contributed by atoms with van der Waals surface area (Å²) >= 11 is 0. The van der Waals surface area contributed by atoms with Crippen molar-refractivity contribution < 1.29 is 30.3 Å². The highest BCUT2D eigenvalue weighted by atomic mass is 16.4. The number of hydrogen-bond acceptors (Lipinski definition) is 5. The molecule has 0 fully saturated rings. The largest absolute Gasteiger partial charge is 0.481 e. The molecule has 0 unspecified atom stereocenters. The summed E-state index contributed by atoms with van der Waals surface area (Å²) in [5.41, 5.74) is -1.11. The Balaban J connectivity index is 0. The average molecular weight is 196 g/mol. The van der Waals surface area contributed by atoms with Crippen LogP contribution in [0.15, 0.2) is 0 Å². The van der Waals surface area contributed by atoms with Crippen molar-refractivity contribution in [3.63, 3.8) is 0 Å². The van der Waals surface area contributed by atoms with E-state index in [4.69, 9.17) is 30.3 Å². The molecule has 13 heavy (non-hydrogen) atoms. The van der Waals surface area contributed by atoms with Gasteiger partial charge >= 0.3 is 0 Å². The molecule has 0 saturated heterocycles. The van der Waals surface area contributed by atoms with E-state index in [2.05, 4.69) is 0 Å². The lowest BCUT2D eigenvalue weighted by atomic mass is 9.93. The first-order chi connectivity index (χ1) is 5.97. The van der Waals surface area contributed by atoms with Crippen LogP contribution in [-0.2, 0) is 4.79 Å². The Morgan fingerprint density at radius 3 is 1.15 bits per heavy atom. The van der Waals surface area contributed by atoms with Crippen molar-refractivity contribution in [1.29, 1.82) is 0 Å². The maximum Gasteiger partial charge on any atom is 0.300 e. The van der Waals surface area contributed by atoms with Crippen LogP contribution in [-0.4, -0.2) is 57.9 Å². The lowest BCUT2D eigenvalue weighted by molar-refractivity contribution is -0.134. The van der Waals surface area contributed by atoms with E-state index in [0.29, 0.717) is 0 Å². The number of carbonyl (C=O) groups is 1. The van der Waals surface area contributed by atoms with E-state index >= 15 is 0 Å². The third kappa shape index (κ3) is 7.66. The molecule has 0 aromatic rings. The van der Waals surface area contributed by atoms with Gasteiger partial charge in [0.15, 0.2) is 0 Å². The number of carboxylic acid groups (broad SMARTS) is 1. The molecule has 0 rings (SSSR count). The molecule has 0 aliphatic rings. The molecule has 0 saturated carbocycles. The van der Waals surface area contributed by atoms with Gasteiger partial charge in [0.25, 0.3) is 5.97 Å². The Kier molecular flexibility index (Phi) is 9.04. The lowest BCUT2D eigenvalue weighted by Gasteiger charge is -2.23. The molecule has 0 heterocycles. The van der Waals surface area contributed by atoms with Crippen LogP contribution in [0.3, 0.4) is 0 Å². The number of rotatable bonds is 4. The molecule has 0 spiro atoms. The zero-order valence-corrected chi connectivity index (χ0v) is 7.47. The van der Waals surface area contributed by atoms with Crippen LogP contribution in [0.25, 0.3) is 0 Å². The third-order valence-electron chi connectivity index (χ3n) is 1.34. The summed E-state index contributed by atoms with van der Waals surface area (Å²) in [5.74, 6) is -0.833. The number of aliphatic hydroxyl groups is 4. The van der Waals surface area contributed by atoms with Crippen LogP contribution in [0.5, 0.6) is 0 Å². The zero-order valence-electron chi connectivity index (χ0n) is 7.47. The van der Waals surface area contributed by atoms with Crippen LogP contribution < -0.4 is 0 Å². The minimum absolute atomic E-state index is 0.406. The second-order valence-corrected chi connectivity index (χ2v) is 2.65. The van der Waals surface area contributed by atoms with E-state index in [-0.39, 0.29) is 0 Å². The normalized spacial score (nSPS) is 10.2. The van der Waals surface area contributed by atoms with Gasteiger partial charge in [-0.2, -0.15) is 0 Å². The first kappa shape index (κ1) is 14.8. The smallest absolute Gasteiger partial charge is 0.300 e. The van der Waals surface area contributed by atoms with E-state index in [0.717, 1.165) is 6.92 Å². The average Bonchev–Trinajstić information content (AvgIpc) is 2.09. The van der Waals surface area contributed by atoms with E-state index in [9.17, 15) is 0 Å². The van der Waals surface area contributed by atoms with Gasteiger partial charge in [-0.1, -0.05) is 0 Å². The van der Waals surface area contributed by atoms with E-state index in [1.165, 1.54) is 0 Å². The fraction of sp³-hybridized carbons (Fsp3) is 0.857. The third-order valence-corrected chi connectivity index (χ3v) is 1.34. The van der Waals surface area contributed by atoms with E-state index < -0.39 is 37.8 Å². The van der Waals surface area contributed by atoms with E-state index in [1.807, 2.05) is 0 Å². The minimum Gasteiger partial charge on any atom is -0.481 e. The summed E-state index contributed by atoms with van der Waals surface area (Å²) in [6, 6.07) is 0. The van der Waals surface area contributed by atoms with Crippen LogP contribution >= 0.6 is 0 Å². The van der Waals surface area contributed by atoms with Gasteiger partial charge in [0, 0.05) is 6.92 Å². The molecule has 0 atom stereocenters. The molecule has 80 valence electrons. The van der Waals surface area contributed by atoms with Crippen molar-refractivity contribution in [3.05, 3.63) is 0 Å². The predicted molar refractivity (Wildman–Crippen MR) is 44.1 cm³/mol. The summed E-state index contributed by atoms with van der Waals surface area (Å²) in [4.78, 5) is 9.00. The molecule has 0 radical (unpaired) electrons. The first-order valence-corrected chi connectivity index (χ1v) is 3.61. The standard InChI is InChI=1S/C5H12O4.C2H4O2/c6-1-5(2-7,3-8)4-9;1-2(3)4/h6-9H,1-4H2;1H3,(H,3,4). The van der Waals surface area contributed by atoms with Gasteiger partial charge in [-0.15, -0.1) is 0 Å². The SMILES string of the molecule is CC(=O)O.OCC(CO)(CO)CO. The van der Waals surface area contributed by atoms with Gasteiger partial charge in [0.05, 0.1) is 31.8 Å². The quantitative estimate of drug-likeness (QED) is 0.356. The van der Waals surface area contributed by atoms with Crippen molar-refractivity contribution in [2.24, 2.45) is 5.41 Å².